The van der Waals surface area contributed by atoms with Gasteiger partial charge >= 0.3 is 0 Å². The average molecular weight is 303 g/mol. The van der Waals surface area contributed by atoms with Crippen molar-refractivity contribution in [3.8, 4) is 0 Å². The molecule has 0 aliphatic heterocycles. The van der Waals surface area contributed by atoms with E-state index >= 15 is 0 Å². The number of aryl methyl sites for hydroxylation is 1. The van der Waals surface area contributed by atoms with E-state index in [0.717, 1.165) is 25.2 Å². The van der Waals surface area contributed by atoms with E-state index < -0.39 is 10.2 Å². The Morgan fingerprint density at radius 1 is 1.40 bits per heavy atom. The molecule has 0 aromatic carbocycles. The summed E-state index contributed by atoms with van der Waals surface area (Å²) in [5.74, 6) is 0. The molecule has 1 rings (SSSR count). The Hall–Kier alpha value is -0.960. The molecule has 1 aromatic heterocycles. The molecule has 0 spiro atoms. The van der Waals surface area contributed by atoms with Crippen LogP contribution in [0.5, 0.6) is 0 Å². The van der Waals surface area contributed by atoms with Crippen molar-refractivity contribution in [1.29, 1.82) is 0 Å². The van der Waals surface area contributed by atoms with Crippen molar-refractivity contribution in [1.82, 2.24) is 24.1 Å². The van der Waals surface area contributed by atoms with Gasteiger partial charge in [-0.3, -0.25) is 4.68 Å². The molecule has 0 saturated carbocycles. The summed E-state index contributed by atoms with van der Waals surface area (Å²) in [4.78, 5) is 0. The molecule has 0 fully saturated rings. The van der Waals surface area contributed by atoms with Crippen molar-refractivity contribution in [2.45, 2.75) is 19.8 Å². The van der Waals surface area contributed by atoms with Crippen molar-refractivity contribution >= 4 is 10.2 Å². The minimum Gasteiger partial charge on any atom is -0.317 e. The molecule has 20 heavy (non-hydrogen) atoms. The third kappa shape index (κ3) is 6.00. The molecule has 0 amide bonds. The largest absolute Gasteiger partial charge is 0.317 e. The predicted octanol–water partition coefficient (Wildman–Crippen LogP) is -0.272. The molecular weight excluding hydrogens is 278 g/mol. The van der Waals surface area contributed by atoms with Crippen molar-refractivity contribution in [3.63, 3.8) is 0 Å². The standard InChI is InChI=1S/C12H25N5O2S/c1-4-13-8-5-10-17(3)20(18,19)14-9-6-12-7-11-16(2)15-12/h7,11,13-14H,4-6,8-10H2,1-3H3. The normalized spacial score (nSPS) is 12.2. The first kappa shape index (κ1) is 17.1. The number of rotatable bonds is 10. The number of nitrogens with one attached hydrogen (secondary N) is 2. The van der Waals surface area contributed by atoms with Gasteiger partial charge in [-0.15, -0.1) is 0 Å². The molecule has 7 nitrogen and oxygen atoms in total. The van der Waals surface area contributed by atoms with Crippen LogP contribution in [-0.2, 0) is 23.7 Å². The molecule has 0 radical (unpaired) electrons. The van der Waals surface area contributed by atoms with Gasteiger partial charge in [0.25, 0.3) is 10.2 Å². The maximum atomic E-state index is 12.0. The van der Waals surface area contributed by atoms with Crippen LogP contribution in [0.3, 0.4) is 0 Å². The lowest BCUT2D eigenvalue weighted by Crippen LogP contribution is -2.40. The second-order valence-corrected chi connectivity index (χ2v) is 6.52. The molecule has 0 aliphatic carbocycles. The first-order valence-electron chi connectivity index (χ1n) is 6.86. The van der Waals surface area contributed by atoms with Crippen LogP contribution in [0.15, 0.2) is 12.3 Å². The summed E-state index contributed by atoms with van der Waals surface area (Å²) in [5.41, 5.74) is 0.880. The van der Waals surface area contributed by atoms with Gasteiger partial charge in [-0.05, 0) is 25.6 Å². The zero-order chi connectivity index (χ0) is 15.0. The Balaban J connectivity index is 2.29. The van der Waals surface area contributed by atoms with Crippen molar-refractivity contribution in [2.24, 2.45) is 7.05 Å². The lowest BCUT2D eigenvalue weighted by Gasteiger charge is -2.17. The number of nitrogens with zero attached hydrogens (tertiary/aromatic N) is 3. The second-order valence-electron chi connectivity index (χ2n) is 4.66. The van der Waals surface area contributed by atoms with Gasteiger partial charge in [-0.25, -0.2) is 4.72 Å². The fourth-order valence-corrected chi connectivity index (χ4v) is 2.69. The van der Waals surface area contributed by atoms with Crippen LogP contribution in [0.4, 0.5) is 0 Å². The third-order valence-corrected chi connectivity index (χ3v) is 4.49. The van der Waals surface area contributed by atoms with Gasteiger partial charge in [0.05, 0.1) is 5.69 Å². The zero-order valence-corrected chi connectivity index (χ0v) is 13.3. The quantitative estimate of drug-likeness (QED) is 0.583. The summed E-state index contributed by atoms with van der Waals surface area (Å²) in [6.07, 6.45) is 3.23. The van der Waals surface area contributed by atoms with Crippen LogP contribution in [0, 0.1) is 0 Å². The number of hydrogen-bond donors (Lipinski definition) is 2. The van der Waals surface area contributed by atoms with E-state index in [-0.39, 0.29) is 0 Å². The molecule has 0 unspecified atom stereocenters. The van der Waals surface area contributed by atoms with Gasteiger partial charge in [0.15, 0.2) is 0 Å². The average Bonchev–Trinajstić information content (AvgIpc) is 2.80. The van der Waals surface area contributed by atoms with Crippen molar-refractivity contribution < 1.29 is 8.42 Å². The Labute approximate surface area is 121 Å². The monoisotopic (exact) mass is 303 g/mol. The van der Waals surface area contributed by atoms with Crippen molar-refractivity contribution in [2.75, 3.05) is 33.2 Å². The van der Waals surface area contributed by atoms with Gasteiger partial charge in [-0.2, -0.15) is 17.8 Å². The molecule has 0 saturated heterocycles. The Morgan fingerprint density at radius 3 is 2.75 bits per heavy atom. The summed E-state index contributed by atoms with van der Waals surface area (Å²) in [6.45, 7) is 4.62. The molecule has 1 heterocycles. The molecule has 116 valence electrons. The first-order valence-corrected chi connectivity index (χ1v) is 8.30. The highest BCUT2D eigenvalue weighted by Crippen LogP contribution is 1.98. The van der Waals surface area contributed by atoms with E-state index in [4.69, 9.17) is 0 Å². The smallest absolute Gasteiger partial charge is 0.279 e. The number of hydrogen-bond acceptors (Lipinski definition) is 4. The summed E-state index contributed by atoms with van der Waals surface area (Å²) >= 11 is 0. The van der Waals surface area contributed by atoms with E-state index in [1.165, 1.54) is 4.31 Å². The predicted molar refractivity (Wildman–Crippen MR) is 79.6 cm³/mol. The summed E-state index contributed by atoms with van der Waals surface area (Å²) in [5, 5.41) is 7.37. The minimum absolute atomic E-state index is 0.358. The van der Waals surface area contributed by atoms with E-state index in [9.17, 15) is 8.42 Å². The van der Waals surface area contributed by atoms with Gasteiger partial charge in [-0.1, -0.05) is 6.92 Å². The highest BCUT2D eigenvalue weighted by molar-refractivity contribution is 7.87. The van der Waals surface area contributed by atoms with Crippen LogP contribution >= 0.6 is 0 Å². The molecule has 2 N–H and O–H groups in total. The highest BCUT2D eigenvalue weighted by atomic mass is 32.2. The molecule has 0 atom stereocenters. The van der Waals surface area contributed by atoms with Crippen LogP contribution in [-0.4, -0.2) is 55.7 Å². The second kappa shape index (κ2) is 8.35. The Bertz CT molecular complexity index is 486. The molecule has 8 heteroatoms. The zero-order valence-electron chi connectivity index (χ0n) is 12.5. The maximum Gasteiger partial charge on any atom is 0.279 e. The van der Waals surface area contributed by atoms with Gasteiger partial charge < -0.3 is 5.32 Å². The molecular formula is C12H25N5O2S. The van der Waals surface area contributed by atoms with Crippen LogP contribution in [0.2, 0.25) is 0 Å². The highest BCUT2D eigenvalue weighted by Gasteiger charge is 2.16. The van der Waals surface area contributed by atoms with Crippen molar-refractivity contribution in [3.05, 3.63) is 18.0 Å². The summed E-state index contributed by atoms with van der Waals surface area (Å²) in [6, 6.07) is 1.88. The maximum absolute atomic E-state index is 12.0. The van der Waals surface area contributed by atoms with Gasteiger partial charge in [0.1, 0.15) is 0 Å². The fraction of sp³-hybridized carbons (Fsp3) is 0.750. The van der Waals surface area contributed by atoms with E-state index in [2.05, 4.69) is 15.1 Å². The van der Waals surface area contributed by atoms with Crippen LogP contribution < -0.4 is 10.0 Å². The van der Waals surface area contributed by atoms with Gasteiger partial charge in [0.2, 0.25) is 0 Å². The third-order valence-electron chi connectivity index (χ3n) is 2.92. The lowest BCUT2D eigenvalue weighted by molar-refractivity contribution is 0.446. The fourth-order valence-electron chi connectivity index (χ4n) is 1.74. The summed E-state index contributed by atoms with van der Waals surface area (Å²) in [7, 11) is 0.0415. The van der Waals surface area contributed by atoms with Crippen LogP contribution in [0.1, 0.15) is 19.0 Å². The van der Waals surface area contributed by atoms with E-state index in [1.54, 1.807) is 11.7 Å². The van der Waals surface area contributed by atoms with E-state index in [1.807, 2.05) is 26.2 Å². The Kier molecular flexibility index (Phi) is 7.14. The molecule has 0 bridgehead atoms. The summed E-state index contributed by atoms with van der Waals surface area (Å²) < 4.78 is 29.6. The van der Waals surface area contributed by atoms with Crippen LogP contribution in [0.25, 0.3) is 0 Å². The molecule has 1 aromatic rings. The number of aromatic nitrogens is 2. The lowest BCUT2D eigenvalue weighted by atomic mass is 10.3. The topological polar surface area (TPSA) is 79.3 Å². The van der Waals surface area contributed by atoms with Gasteiger partial charge in [0, 0.05) is 39.8 Å². The minimum atomic E-state index is -3.39. The van der Waals surface area contributed by atoms with E-state index in [0.29, 0.717) is 19.5 Å². The molecule has 0 aliphatic rings. The SMILES string of the molecule is CCNCCCN(C)S(=O)(=O)NCCc1ccn(C)n1. The first-order chi connectivity index (χ1) is 9.45. The Morgan fingerprint density at radius 2 is 2.15 bits per heavy atom.